The molecule has 84 valence electrons. The Kier molecular flexibility index (Phi) is 3.73. The molecule has 0 heterocycles. The Morgan fingerprint density at radius 1 is 1.25 bits per heavy atom. The summed E-state index contributed by atoms with van der Waals surface area (Å²) in [5.41, 5.74) is -0.202. The zero-order valence-corrected chi connectivity index (χ0v) is 9.64. The van der Waals surface area contributed by atoms with Gasteiger partial charge in [-0.3, -0.25) is 20.2 Å². The Labute approximate surface area is 99.0 Å². The summed E-state index contributed by atoms with van der Waals surface area (Å²) in [7, 11) is 0. The van der Waals surface area contributed by atoms with E-state index < -0.39 is 9.85 Å². The Morgan fingerprint density at radius 2 is 1.81 bits per heavy atom. The number of nitrogens with zero attached hydrogens (tertiary/aromatic N) is 2. The molecule has 0 fully saturated rings. The van der Waals surface area contributed by atoms with E-state index in [1.165, 1.54) is 12.1 Å². The normalized spacial score (nSPS) is 9.81. The average Bonchev–Trinajstić information content (AvgIpc) is 2.17. The van der Waals surface area contributed by atoms with E-state index in [0.717, 1.165) is 6.07 Å². The van der Waals surface area contributed by atoms with Crippen LogP contribution in [0.15, 0.2) is 29.3 Å². The highest BCUT2D eigenvalue weighted by atomic mass is 79.9. The molecule has 7 heteroatoms. The maximum absolute atomic E-state index is 10.7. The maximum atomic E-state index is 10.7. The van der Waals surface area contributed by atoms with Crippen LogP contribution in [0.1, 0.15) is 5.56 Å². The molecule has 1 aromatic carbocycles. The lowest BCUT2D eigenvalue weighted by atomic mass is 10.1. The fourth-order valence-electron chi connectivity index (χ4n) is 1.22. The van der Waals surface area contributed by atoms with Crippen molar-refractivity contribution in [3.63, 3.8) is 0 Å². The molecular weight excluding hydrogens is 280 g/mol. The molecule has 0 aromatic heterocycles. The third-order valence-corrected chi connectivity index (χ3v) is 2.54. The van der Waals surface area contributed by atoms with E-state index in [0.29, 0.717) is 5.56 Å². The van der Waals surface area contributed by atoms with E-state index in [1.807, 2.05) is 0 Å². The third-order valence-electron chi connectivity index (χ3n) is 1.91. The summed E-state index contributed by atoms with van der Waals surface area (Å²) in [6.45, 7) is 3.47. The van der Waals surface area contributed by atoms with E-state index in [4.69, 9.17) is 0 Å². The van der Waals surface area contributed by atoms with Crippen LogP contribution in [0.2, 0.25) is 0 Å². The summed E-state index contributed by atoms with van der Waals surface area (Å²) in [6.07, 6.45) is 1.79. The van der Waals surface area contributed by atoms with Gasteiger partial charge in [-0.15, -0.1) is 6.58 Å². The Morgan fingerprint density at radius 3 is 2.25 bits per heavy atom. The van der Waals surface area contributed by atoms with Crippen molar-refractivity contribution >= 4 is 27.3 Å². The van der Waals surface area contributed by atoms with Gasteiger partial charge in [-0.2, -0.15) is 0 Å². The number of benzene rings is 1. The van der Waals surface area contributed by atoms with Gasteiger partial charge < -0.3 is 0 Å². The molecule has 0 N–H and O–H groups in total. The predicted octanol–water partition coefficient (Wildman–Crippen LogP) is 2.99. The number of nitro benzene ring substituents is 2. The molecule has 1 aromatic rings. The first-order valence-electron chi connectivity index (χ1n) is 4.19. The number of nitro groups is 2. The first-order chi connectivity index (χ1) is 7.47. The second-order valence-corrected chi connectivity index (χ2v) is 3.79. The van der Waals surface area contributed by atoms with Crippen LogP contribution in [0.4, 0.5) is 11.4 Å². The molecule has 0 aliphatic heterocycles. The Hall–Kier alpha value is -1.76. The molecule has 0 unspecified atom stereocenters. The van der Waals surface area contributed by atoms with Gasteiger partial charge in [0.05, 0.1) is 20.4 Å². The zero-order valence-electron chi connectivity index (χ0n) is 8.05. The summed E-state index contributed by atoms with van der Waals surface area (Å²) in [4.78, 5) is 20.0. The van der Waals surface area contributed by atoms with E-state index in [2.05, 4.69) is 22.5 Å². The van der Waals surface area contributed by atoms with Gasteiger partial charge in [0.25, 0.3) is 11.4 Å². The first-order valence-corrected chi connectivity index (χ1v) is 4.98. The minimum Gasteiger partial charge on any atom is -0.258 e. The molecule has 0 bridgehead atoms. The molecular formula is C9H7BrN2O4. The zero-order chi connectivity index (χ0) is 12.3. The monoisotopic (exact) mass is 286 g/mol. The molecule has 0 atom stereocenters. The smallest absolute Gasteiger partial charge is 0.258 e. The minimum atomic E-state index is -0.672. The van der Waals surface area contributed by atoms with Crippen LogP contribution in [0.25, 0.3) is 0 Å². The number of hydrogen-bond donors (Lipinski definition) is 0. The minimum absolute atomic E-state index is 0.222. The molecule has 0 saturated carbocycles. The van der Waals surface area contributed by atoms with Crippen molar-refractivity contribution in [2.75, 3.05) is 0 Å². The lowest BCUT2D eigenvalue weighted by Gasteiger charge is -2.01. The van der Waals surface area contributed by atoms with Crippen LogP contribution < -0.4 is 0 Å². The molecule has 0 amide bonds. The summed E-state index contributed by atoms with van der Waals surface area (Å²) >= 11 is 3.00. The Bertz CT molecular complexity index is 473. The lowest BCUT2D eigenvalue weighted by molar-refractivity contribution is -0.395. The van der Waals surface area contributed by atoms with Crippen LogP contribution in [-0.2, 0) is 6.42 Å². The van der Waals surface area contributed by atoms with Gasteiger partial charge in [-0.25, -0.2) is 0 Å². The SMILES string of the molecule is C=CCc1cc(Br)c([N+](=O)[O-])cc1[N+](=O)[O-]. The summed E-state index contributed by atoms with van der Waals surface area (Å²) in [6, 6.07) is 2.32. The van der Waals surface area contributed by atoms with Crippen molar-refractivity contribution in [3.05, 3.63) is 55.1 Å². The summed E-state index contributed by atoms with van der Waals surface area (Å²) in [5.74, 6) is 0. The van der Waals surface area contributed by atoms with Crippen molar-refractivity contribution in [1.29, 1.82) is 0 Å². The van der Waals surface area contributed by atoms with E-state index in [-0.39, 0.29) is 22.3 Å². The molecule has 0 aliphatic carbocycles. The predicted molar refractivity (Wildman–Crippen MR) is 61.4 cm³/mol. The van der Waals surface area contributed by atoms with Gasteiger partial charge in [0.2, 0.25) is 0 Å². The van der Waals surface area contributed by atoms with Crippen molar-refractivity contribution in [2.45, 2.75) is 6.42 Å². The molecule has 0 aliphatic rings. The number of halogens is 1. The van der Waals surface area contributed by atoms with Gasteiger partial charge in [-0.05, 0) is 28.4 Å². The van der Waals surface area contributed by atoms with E-state index in [1.54, 1.807) is 0 Å². The highest BCUT2D eigenvalue weighted by Crippen LogP contribution is 2.32. The maximum Gasteiger partial charge on any atom is 0.290 e. The van der Waals surface area contributed by atoms with Crippen LogP contribution in [0.5, 0.6) is 0 Å². The van der Waals surface area contributed by atoms with Crippen molar-refractivity contribution < 1.29 is 9.85 Å². The van der Waals surface area contributed by atoms with Gasteiger partial charge in [-0.1, -0.05) is 6.08 Å². The molecule has 0 spiro atoms. The number of rotatable bonds is 4. The Balaban J connectivity index is 3.42. The van der Waals surface area contributed by atoms with E-state index >= 15 is 0 Å². The highest BCUT2D eigenvalue weighted by molar-refractivity contribution is 9.10. The second-order valence-electron chi connectivity index (χ2n) is 2.94. The molecule has 6 nitrogen and oxygen atoms in total. The van der Waals surface area contributed by atoms with Crippen LogP contribution in [0.3, 0.4) is 0 Å². The fourth-order valence-corrected chi connectivity index (χ4v) is 1.76. The van der Waals surface area contributed by atoms with Gasteiger partial charge >= 0.3 is 0 Å². The molecule has 0 radical (unpaired) electrons. The van der Waals surface area contributed by atoms with Crippen molar-refractivity contribution in [2.24, 2.45) is 0 Å². The molecule has 1 rings (SSSR count). The second kappa shape index (κ2) is 4.84. The summed E-state index contributed by atoms with van der Waals surface area (Å²) < 4.78 is 0.222. The molecule has 16 heavy (non-hydrogen) atoms. The van der Waals surface area contributed by atoms with Crippen LogP contribution in [-0.4, -0.2) is 9.85 Å². The quantitative estimate of drug-likeness (QED) is 0.484. The fraction of sp³-hybridized carbons (Fsp3) is 0.111. The molecule has 0 saturated heterocycles. The van der Waals surface area contributed by atoms with Crippen LogP contribution in [0, 0.1) is 20.2 Å². The third kappa shape index (κ3) is 2.43. The highest BCUT2D eigenvalue weighted by Gasteiger charge is 2.22. The lowest BCUT2D eigenvalue weighted by Crippen LogP contribution is -1.98. The largest absolute Gasteiger partial charge is 0.290 e. The van der Waals surface area contributed by atoms with Crippen molar-refractivity contribution in [3.8, 4) is 0 Å². The van der Waals surface area contributed by atoms with Gasteiger partial charge in [0.1, 0.15) is 0 Å². The van der Waals surface area contributed by atoms with Gasteiger partial charge in [0, 0.05) is 5.56 Å². The van der Waals surface area contributed by atoms with E-state index in [9.17, 15) is 20.2 Å². The number of hydrogen-bond acceptors (Lipinski definition) is 4. The average molecular weight is 287 g/mol. The topological polar surface area (TPSA) is 86.3 Å². The number of allylic oxidation sites excluding steroid dienone is 1. The summed E-state index contributed by atoms with van der Waals surface area (Å²) in [5, 5.41) is 21.3. The van der Waals surface area contributed by atoms with Crippen molar-refractivity contribution in [1.82, 2.24) is 0 Å². The first kappa shape index (κ1) is 12.3. The van der Waals surface area contributed by atoms with Crippen LogP contribution >= 0.6 is 15.9 Å². The standard InChI is InChI=1S/C9H7BrN2O4/c1-2-3-6-4-7(10)9(12(15)16)5-8(6)11(13)14/h2,4-5H,1,3H2. The van der Waals surface area contributed by atoms with Gasteiger partial charge in [0.15, 0.2) is 0 Å².